The lowest BCUT2D eigenvalue weighted by Gasteiger charge is -2.16. The smallest absolute Gasteiger partial charge is 0.331 e. The molecule has 1 fully saturated rings. The lowest BCUT2D eigenvalue weighted by Crippen LogP contribution is -2.37. The minimum atomic E-state index is -1.10. The van der Waals surface area contributed by atoms with Crippen LogP contribution in [-0.2, 0) is 9.59 Å². The number of rotatable bonds is 3. The number of nitriles is 1. The van der Waals surface area contributed by atoms with Crippen molar-refractivity contribution in [1.82, 2.24) is 5.32 Å². The largest absolute Gasteiger partial charge is 0.478 e. The summed E-state index contributed by atoms with van der Waals surface area (Å²) in [6, 6.07) is 2.01. The van der Waals surface area contributed by atoms with Gasteiger partial charge in [-0.1, -0.05) is 0 Å². The molecule has 1 aliphatic rings. The molecule has 17 heavy (non-hydrogen) atoms. The van der Waals surface area contributed by atoms with Crippen LogP contribution in [0.2, 0.25) is 0 Å². The zero-order chi connectivity index (χ0) is 13.0. The number of carbonyl (C=O) groups excluding carboxylic acids is 1. The van der Waals surface area contributed by atoms with Gasteiger partial charge in [0.1, 0.15) is 0 Å². The first-order valence-corrected chi connectivity index (χ1v) is 5.58. The second-order valence-corrected chi connectivity index (χ2v) is 4.30. The van der Waals surface area contributed by atoms with Gasteiger partial charge < -0.3 is 10.4 Å². The van der Waals surface area contributed by atoms with Crippen molar-refractivity contribution < 1.29 is 14.7 Å². The Hall–Kier alpha value is -1.83. The Morgan fingerprint density at radius 2 is 1.94 bits per heavy atom. The van der Waals surface area contributed by atoms with Crippen LogP contribution in [0.25, 0.3) is 0 Å². The van der Waals surface area contributed by atoms with Gasteiger partial charge >= 0.3 is 5.97 Å². The van der Waals surface area contributed by atoms with E-state index in [4.69, 9.17) is 10.4 Å². The van der Waals surface area contributed by atoms with Gasteiger partial charge in [-0.25, -0.2) is 4.79 Å². The van der Waals surface area contributed by atoms with Crippen LogP contribution in [0.1, 0.15) is 33.1 Å². The van der Waals surface area contributed by atoms with Crippen molar-refractivity contribution in [2.45, 2.75) is 39.2 Å². The summed E-state index contributed by atoms with van der Waals surface area (Å²) in [5.74, 6) is -1.64. The van der Waals surface area contributed by atoms with Gasteiger partial charge in [0.2, 0.25) is 5.91 Å². The van der Waals surface area contributed by atoms with Crippen LogP contribution in [0.4, 0.5) is 0 Å². The standard InChI is InChI=1S/C12H16N2O3/c1-7(8(2)12(16)17)11(15)14-10-5-3-4-9(10)6-13/h9-10H,3-5H2,1-2H3,(H,14,15)(H,16,17)/b8-7-. The highest BCUT2D eigenvalue weighted by atomic mass is 16.4. The molecule has 0 aromatic heterocycles. The number of amides is 1. The maximum atomic E-state index is 11.8. The summed E-state index contributed by atoms with van der Waals surface area (Å²) in [7, 11) is 0. The zero-order valence-electron chi connectivity index (χ0n) is 9.99. The number of nitrogens with one attached hydrogen (secondary N) is 1. The Kier molecular flexibility index (Phi) is 4.27. The molecular weight excluding hydrogens is 220 g/mol. The van der Waals surface area contributed by atoms with E-state index in [-0.39, 0.29) is 23.1 Å². The van der Waals surface area contributed by atoms with E-state index in [1.165, 1.54) is 13.8 Å². The lowest BCUT2D eigenvalue weighted by molar-refractivity contribution is -0.133. The second-order valence-electron chi connectivity index (χ2n) is 4.30. The van der Waals surface area contributed by atoms with E-state index in [9.17, 15) is 9.59 Å². The molecule has 1 amide bonds. The summed E-state index contributed by atoms with van der Waals surface area (Å²) in [5, 5.41) is 20.4. The number of carboxylic acid groups (broad SMARTS) is 1. The van der Waals surface area contributed by atoms with E-state index in [0.29, 0.717) is 0 Å². The molecule has 0 heterocycles. The summed E-state index contributed by atoms with van der Waals surface area (Å²) < 4.78 is 0. The van der Waals surface area contributed by atoms with Crippen LogP contribution in [0.5, 0.6) is 0 Å². The highest BCUT2D eigenvalue weighted by Gasteiger charge is 2.29. The molecule has 0 aliphatic heterocycles. The van der Waals surface area contributed by atoms with Crippen LogP contribution in [0.15, 0.2) is 11.1 Å². The first kappa shape index (κ1) is 13.2. The molecule has 5 heteroatoms. The first-order chi connectivity index (χ1) is 7.97. The van der Waals surface area contributed by atoms with Crippen molar-refractivity contribution in [1.29, 1.82) is 5.26 Å². The van der Waals surface area contributed by atoms with Crippen LogP contribution in [0, 0.1) is 17.2 Å². The number of hydrogen-bond donors (Lipinski definition) is 2. The normalized spacial score (nSPS) is 24.8. The van der Waals surface area contributed by atoms with E-state index >= 15 is 0 Å². The average molecular weight is 236 g/mol. The molecule has 0 saturated heterocycles. The Labute approximate surface area is 100 Å². The number of nitrogens with zero attached hydrogens (tertiary/aromatic N) is 1. The van der Waals surface area contributed by atoms with E-state index in [1.54, 1.807) is 0 Å². The second kappa shape index (κ2) is 5.48. The molecule has 0 aromatic carbocycles. The Balaban J connectivity index is 2.70. The minimum Gasteiger partial charge on any atom is -0.478 e. The summed E-state index contributed by atoms with van der Waals surface area (Å²) in [6.45, 7) is 2.88. The Bertz CT molecular complexity index is 406. The van der Waals surface area contributed by atoms with Gasteiger partial charge in [0, 0.05) is 17.2 Å². The van der Waals surface area contributed by atoms with Crippen molar-refractivity contribution >= 4 is 11.9 Å². The third-order valence-corrected chi connectivity index (χ3v) is 3.22. The summed E-state index contributed by atoms with van der Waals surface area (Å²) in [6.07, 6.45) is 2.50. The molecular formula is C12H16N2O3. The van der Waals surface area contributed by atoms with Crippen LogP contribution in [0.3, 0.4) is 0 Å². The molecule has 2 unspecified atom stereocenters. The van der Waals surface area contributed by atoms with Gasteiger partial charge in [-0.05, 0) is 33.1 Å². The van der Waals surface area contributed by atoms with Crippen molar-refractivity contribution in [3.05, 3.63) is 11.1 Å². The Morgan fingerprint density at radius 3 is 2.47 bits per heavy atom. The highest BCUT2D eigenvalue weighted by molar-refractivity contribution is 6.01. The minimum absolute atomic E-state index is 0.0361. The number of aliphatic carboxylic acids is 1. The van der Waals surface area contributed by atoms with Crippen molar-refractivity contribution in [3.63, 3.8) is 0 Å². The summed E-state index contributed by atoms with van der Waals surface area (Å²) >= 11 is 0. The van der Waals surface area contributed by atoms with Gasteiger partial charge in [0.25, 0.3) is 0 Å². The third kappa shape index (κ3) is 3.06. The van der Waals surface area contributed by atoms with Crippen LogP contribution < -0.4 is 5.32 Å². The maximum absolute atomic E-state index is 11.8. The van der Waals surface area contributed by atoms with Crippen molar-refractivity contribution in [2.75, 3.05) is 0 Å². The molecule has 0 bridgehead atoms. The molecule has 0 spiro atoms. The van der Waals surface area contributed by atoms with Crippen LogP contribution >= 0.6 is 0 Å². The Morgan fingerprint density at radius 1 is 1.29 bits per heavy atom. The molecule has 2 atom stereocenters. The first-order valence-electron chi connectivity index (χ1n) is 5.58. The van der Waals surface area contributed by atoms with E-state index in [1.807, 2.05) is 0 Å². The fraction of sp³-hybridized carbons (Fsp3) is 0.583. The molecule has 2 N–H and O–H groups in total. The topological polar surface area (TPSA) is 90.2 Å². The van der Waals surface area contributed by atoms with Crippen molar-refractivity contribution in [2.24, 2.45) is 5.92 Å². The van der Waals surface area contributed by atoms with Gasteiger partial charge in [-0.2, -0.15) is 5.26 Å². The molecule has 5 nitrogen and oxygen atoms in total. The summed E-state index contributed by atoms with van der Waals surface area (Å²) in [5.41, 5.74) is 0.232. The third-order valence-electron chi connectivity index (χ3n) is 3.22. The fourth-order valence-corrected chi connectivity index (χ4v) is 1.89. The molecule has 92 valence electrons. The van der Waals surface area contributed by atoms with Gasteiger partial charge in [0.15, 0.2) is 0 Å². The molecule has 1 aliphatic carbocycles. The van der Waals surface area contributed by atoms with E-state index < -0.39 is 11.9 Å². The highest BCUT2D eigenvalue weighted by Crippen LogP contribution is 2.25. The number of carboxylic acids is 1. The zero-order valence-corrected chi connectivity index (χ0v) is 9.99. The number of hydrogen-bond acceptors (Lipinski definition) is 3. The summed E-state index contributed by atoms with van der Waals surface area (Å²) in [4.78, 5) is 22.5. The quantitative estimate of drug-likeness (QED) is 0.721. The van der Waals surface area contributed by atoms with Crippen molar-refractivity contribution in [3.8, 4) is 6.07 Å². The van der Waals surface area contributed by atoms with E-state index in [2.05, 4.69) is 11.4 Å². The van der Waals surface area contributed by atoms with Gasteiger partial charge in [-0.15, -0.1) is 0 Å². The predicted molar refractivity (Wildman–Crippen MR) is 60.9 cm³/mol. The average Bonchev–Trinajstić information content (AvgIpc) is 2.73. The lowest BCUT2D eigenvalue weighted by atomic mass is 10.0. The van der Waals surface area contributed by atoms with Gasteiger partial charge in [0.05, 0.1) is 12.0 Å². The SMILES string of the molecule is C/C(C(=O)O)=C(\C)C(=O)NC1CCCC1C#N. The molecule has 1 saturated carbocycles. The monoisotopic (exact) mass is 236 g/mol. The van der Waals surface area contributed by atoms with Gasteiger partial charge in [-0.3, -0.25) is 4.79 Å². The number of carbonyl (C=O) groups is 2. The fourth-order valence-electron chi connectivity index (χ4n) is 1.89. The maximum Gasteiger partial charge on any atom is 0.331 e. The molecule has 0 aromatic rings. The molecule has 1 rings (SSSR count). The van der Waals surface area contributed by atoms with Crippen LogP contribution in [-0.4, -0.2) is 23.0 Å². The molecule has 0 radical (unpaired) electrons. The van der Waals surface area contributed by atoms with E-state index in [0.717, 1.165) is 19.3 Å². The predicted octanol–water partition coefficient (Wildman–Crippen LogP) is 1.22.